The summed E-state index contributed by atoms with van der Waals surface area (Å²) >= 11 is 0. The van der Waals surface area contributed by atoms with Crippen molar-refractivity contribution in [1.82, 2.24) is 19.7 Å². The number of hydrogen-bond acceptors (Lipinski definition) is 6. The van der Waals surface area contributed by atoms with Gasteiger partial charge in [-0.15, -0.1) is 0 Å². The number of aromatic amines is 1. The zero-order valence-corrected chi connectivity index (χ0v) is 19.4. The van der Waals surface area contributed by atoms with Crippen LogP contribution in [0.25, 0.3) is 57.2 Å². The van der Waals surface area contributed by atoms with Gasteiger partial charge in [0.2, 0.25) is 0 Å². The van der Waals surface area contributed by atoms with E-state index in [1.54, 1.807) is 42.5 Å². The van der Waals surface area contributed by atoms with Crippen LogP contribution in [0.5, 0.6) is 11.5 Å². The molecule has 35 heavy (non-hydrogen) atoms. The zero-order chi connectivity index (χ0) is 23.4. The molecule has 0 fully saturated rings. The van der Waals surface area contributed by atoms with E-state index in [0.29, 0.717) is 32.9 Å². The molecule has 2 aliphatic rings. The predicted octanol–water partition coefficient (Wildman–Crippen LogP) is 5.33. The monoisotopic (exact) mass is 557 g/mol. The summed E-state index contributed by atoms with van der Waals surface area (Å²) in [6.07, 6.45) is 5.03. The summed E-state index contributed by atoms with van der Waals surface area (Å²) < 4.78 is 0.685. The fourth-order valence-electron chi connectivity index (χ4n) is 4.20. The largest absolute Gasteiger partial charge is 0.505 e. The van der Waals surface area contributed by atoms with Crippen molar-refractivity contribution in [2.24, 2.45) is 0 Å². The molecule has 5 heterocycles. The number of hydrogen-bond donors (Lipinski definition) is 5. The van der Waals surface area contributed by atoms with Crippen molar-refractivity contribution >= 4 is 46.1 Å². The molecule has 0 amide bonds. The van der Waals surface area contributed by atoms with Gasteiger partial charge in [-0.25, -0.2) is 9.97 Å². The molecule has 0 saturated heterocycles. The van der Waals surface area contributed by atoms with Crippen molar-refractivity contribution in [1.29, 1.82) is 0 Å². The molecule has 0 saturated carbocycles. The molecule has 1 aromatic carbocycles. The Kier molecular flexibility index (Phi) is 5.49. The van der Waals surface area contributed by atoms with Gasteiger partial charge in [-0.1, -0.05) is 30.3 Å². The number of H-pyrrole nitrogens is 1. The van der Waals surface area contributed by atoms with Gasteiger partial charge in [0.25, 0.3) is 0 Å². The number of aliphatic hydroxyl groups excluding tert-OH is 1. The van der Waals surface area contributed by atoms with Crippen molar-refractivity contribution in [3.8, 4) is 22.6 Å². The van der Waals surface area contributed by atoms with Crippen LogP contribution in [0.4, 0.5) is 0 Å². The van der Waals surface area contributed by atoms with Crippen molar-refractivity contribution < 1.29 is 42.9 Å². The Morgan fingerprint density at radius 1 is 0.743 bits per heavy atom. The number of fused-ring (bicyclic) bond motifs is 8. The van der Waals surface area contributed by atoms with Crippen LogP contribution in [-0.2, 0) is 22.4 Å². The van der Waals surface area contributed by atoms with Gasteiger partial charge in [-0.2, -0.15) is 4.73 Å². The van der Waals surface area contributed by atoms with E-state index >= 15 is 0 Å². The van der Waals surface area contributed by atoms with Gasteiger partial charge in [0.1, 0.15) is 11.5 Å². The van der Waals surface area contributed by atoms with Gasteiger partial charge in [0.15, 0.2) is 17.0 Å². The second-order valence-electron chi connectivity index (χ2n) is 8.00. The normalized spacial score (nSPS) is 12.3. The first-order valence-corrected chi connectivity index (χ1v) is 10.5. The minimum absolute atomic E-state index is 0. The number of aromatic nitrogens is 4. The van der Waals surface area contributed by atoms with Gasteiger partial charge in [-0.3, -0.25) is 0 Å². The molecule has 6 rings (SSSR count). The molecular formula is C26H18AgN4O4. The summed E-state index contributed by atoms with van der Waals surface area (Å²) in [6, 6.07) is 17.9. The SMILES string of the molecule is OC1=Cc2cc3ccc(cc4nc(cc5c(-c6ccccc6)c(O)c(c(O)c1n2)n5O)C=C4)[nH]3.[Ag]. The van der Waals surface area contributed by atoms with Crippen LogP contribution in [0.2, 0.25) is 0 Å². The first kappa shape index (κ1) is 22.5. The maximum Gasteiger partial charge on any atom is 0.176 e. The maximum absolute atomic E-state index is 11.1. The molecule has 0 atom stereocenters. The molecule has 0 aliphatic carbocycles. The number of rotatable bonds is 1. The van der Waals surface area contributed by atoms with Gasteiger partial charge in [0.05, 0.1) is 28.2 Å². The van der Waals surface area contributed by atoms with Crippen LogP contribution in [0.3, 0.4) is 0 Å². The van der Waals surface area contributed by atoms with E-state index < -0.39 is 5.75 Å². The second-order valence-corrected chi connectivity index (χ2v) is 8.00. The summed E-state index contributed by atoms with van der Waals surface area (Å²) in [5.74, 6) is -1.22. The average Bonchev–Trinajstić information content (AvgIpc) is 3.58. The molecule has 8 bridgehead atoms. The van der Waals surface area contributed by atoms with E-state index in [1.807, 2.05) is 30.3 Å². The summed E-state index contributed by atoms with van der Waals surface area (Å²) in [6.45, 7) is 0. The van der Waals surface area contributed by atoms with Gasteiger partial charge in [-0.05, 0) is 48.0 Å². The van der Waals surface area contributed by atoms with Crippen LogP contribution < -0.4 is 0 Å². The van der Waals surface area contributed by atoms with E-state index in [0.717, 1.165) is 11.0 Å². The van der Waals surface area contributed by atoms with Gasteiger partial charge in [0, 0.05) is 39.5 Å². The standard InChI is InChI=1S/C26H18N4O4.Ag/c31-21-13-19-11-17-7-6-15(27-17)10-16-8-9-18(28-16)12-20-22(14-4-2-1-3-5-14)25(32)24(30(20)34)26(33)23(21)29-19;/h1-13,27,31-34H;. The van der Waals surface area contributed by atoms with E-state index in [-0.39, 0.29) is 50.6 Å². The number of nitrogens with one attached hydrogen (secondary N) is 1. The summed E-state index contributed by atoms with van der Waals surface area (Å²) in [7, 11) is 0. The first-order chi connectivity index (χ1) is 16.5. The van der Waals surface area contributed by atoms with E-state index in [4.69, 9.17) is 0 Å². The van der Waals surface area contributed by atoms with E-state index in [2.05, 4.69) is 15.0 Å². The summed E-state index contributed by atoms with van der Waals surface area (Å²) in [5.41, 5.74) is 3.87. The molecule has 3 aromatic heterocycles. The minimum Gasteiger partial charge on any atom is -0.505 e. The second kappa shape index (κ2) is 8.52. The van der Waals surface area contributed by atoms with Crippen LogP contribution >= 0.6 is 0 Å². The molecule has 0 spiro atoms. The molecule has 8 nitrogen and oxygen atoms in total. The van der Waals surface area contributed by atoms with Crippen LogP contribution in [0.15, 0.2) is 60.7 Å². The van der Waals surface area contributed by atoms with E-state index in [9.17, 15) is 20.5 Å². The Labute approximate surface area is 214 Å². The third-order valence-electron chi connectivity index (χ3n) is 5.74. The number of aromatic hydroxyl groups is 2. The predicted molar refractivity (Wildman–Crippen MR) is 130 cm³/mol. The maximum atomic E-state index is 11.1. The molecule has 0 unspecified atom stereocenters. The zero-order valence-electron chi connectivity index (χ0n) is 17.9. The topological polar surface area (TPSA) is 127 Å². The summed E-state index contributed by atoms with van der Waals surface area (Å²) in [4.78, 5) is 12.1. The van der Waals surface area contributed by atoms with Crippen molar-refractivity contribution in [3.63, 3.8) is 0 Å². The smallest absolute Gasteiger partial charge is 0.176 e. The molecule has 1 radical (unpaired) electrons. The quantitative estimate of drug-likeness (QED) is 0.140. The third-order valence-corrected chi connectivity index (χ3v) is 5.74. The Balaban J connectivity index is 0.00000253. The Morgan fingerprint density at radius 2 is 1.40 bits per heavy atom. The number of nitrogens with zero attached hydrogens (tertiary/aromatic N) is 3. The number of aliphatic hydroxyl groups is 1. The first-order valence-electron chi connectivity index (χ1n) is 10.5. The summed E-state index contributed by atoms with van der Waals surface area (Å²) in [5, 5.41) is 43.7. The molecule has 5 N–H and O–H groups in total. The fraction of sp³-hybridized carbons (Fsp3) is 0. The average molecular weight is 558 g/mol. The van der Waals surface area contributed by atoms with Crippen LogP contribution in [0.1, 0.15) is 22.8 Å². The van der Waals surface area contributed by atoms with Crippen molar-refractivity contribution in [2.75, 3.05) is 0 Å². The van der Waals surface area contributed by atoms with Gasteiger partial charge < -0.3 is 25.5 Å². The number of benzene rings is 1. The molecule has 2 aliphatic heterocycles. The van der Waals surface area contributed by atoms with E-state index in [1.165, 1.54) is 6.08 Å². The van der Waals surface area contributed by atoms with Crippen molar-refractivity contribution in [2.45, 2.75) is 0 Å². The van der Waals surface area contributed by atoms with Crippen LogP contribution in [-0.4, -0.2) is 40.2 Å². The fourth-order valence-corrected chi connectivity index (χ4v) is 4.20. The molecule has 177 valence electrons. The third kappa shape index (κ3) is 3.79. The molecule has 9 heteroatoms. The Bertz CT molecular complexity index is 1700. The molecular weight excluding hydrogens is 540 g/mol. The Morgan fingerprint density at radius 3 is 2.11 bits per heavy atom. The van der Waals surface area contributed by atoms with Crippen LogP contribution in [0, 0.1) is 0 Å². The van der Waals surface area contributed by atoms with Gasteiger partial charge >= 0.3 is 0 Å². The Hall–Kier alpha value is -4.24. The molecule has 4 aromatic rings. The van der Waals surface area contributed by atoms with Crippen molar-refractivity contribution in [3.05, 3.63) is 83.4 Å². The minimum atomic E-state index is -0.572.